The standard InChI is InChI=1S/C11H19N3O/c1-9-7-11(13-14(9)2)12-8-10-3-5-15-6-4-10/h7,10H,3-6,8H2,1-2H3,(H,12,13). The van der Waals surface area contributed by atoms with Crippen molar-refractivity contribution < 1.29 is 4.74 Å². The average molecular weight is 209 g/mol. The lowest BCUT2D eigenvalue weighted by Crippen LogP contribution is -2.22. The van der Waals surface area contributed by atoms with E-state index in [9.17, 15) is 0 Å². The summed E-state index contributed by atoms with van der Waals surface area (Å²) in [6.45, 7) is 4.90. The highest BCUT2D eigenvalue weighted by Crippen LogP contribution is 2.15. The SMILES string of the molecule is Cc1cc(NCC2CCOCC2)nn1C. The minimum absolute atomic E-state index is 0.737. The quantitative estimate of drug-likeness (QED) is 0.821. The number of aromatic nitrogens is 2. The monoisotopic (exact) mass is 209 g/mol. The Bertz CT molecular complexity index is 296. The van der Waals surface area contributed by atoms with Crippen LogP contribution >= 0.6 is 0 Å². The first-order chi connectivity index (χ1) is 7.25. The predicted molar refractivity (Wildman–Crippen MR) is 60.0 cm³/mol. The third-order valence-corrected chi connectivity index (χ3v) is 3.03. The number of nitrogens with zero attached hydrogens (tertiary/aromatic N) is 2. The Kier molecular flexibility index (Phi) is 3.26. The van der Waals surface area contributed by atoms with Crippen LogP contribution in [-0.4, -0.2) is 29.5 Å². The summed E-state index contributed by atoms with van der Waals surface area (Å²) in [6, 6.07) is 2.08. The van der Waals surface area contributed by atoms with Crippen molar-refractivity contribution in [2.45, 2.75) is 19.8 Å². The summed E-state index contributed by atoms with van der Waals surface area (Å²) >= 11 is 0. The molecule has 1 aromatic rings. The van der Waals surface area contributed by atoms with E-state index in [0.29, 0.717) is 0 Å². The third-order valence-electron chi connectivity index (χ3n) is 3.03. The minimum atomic E-state index is 0.737. The van der Waals surface area contributed by atoms with Crippen molar-refractivity contribution >= 4 is 5.82 Å². The first kappa shape index (κ1) is 10.5. The smallest absolute Gasteiger partial charge is 0.148 e. The van der Waals surface area contributed by atoms with E-state index in [2.05, 4.69) is 23.4 Å². The van der Waals surface area contributed by atoms with Crippen molar-refractivity contribution in [3.63, 3.8) is 0 Å². The van der Waals surface area contributed by atoms with Gasteiger partial charge in [-0.15, -0.1) is 0 Å². The first-order valence-electron chi connectivity index (χ1n) is 5.58. The molecule has 0 aromatic carbocycles. The molecule has 0 radical (unpaired) electrons. The molecule has 0 aliphatic carbocycles. The summed E-state index contributed by atoms with van der Waals surface area (Å²) < 4.78 is 7.22. The molecule has 0 spiro atoms. The molecular weight excluding hydrogens is 190 g/mol. The third kappa shape index (κ3) is 2.72. The van der Waals surface area contributed by atoms with Gasteiger partial charge in [-0.25, -0.2) is 0 Å². The van der Waals surface area contributed by atoms with E-state index in [1.165, 1.54) is 18.5 Å². The zero-order valence-corrected chi connectivity index (χ0v) is 9.49. The topological polar surface area (TPSA) is 39.1 Å². The average Bonchev–Trinajstić information content (AvgIpc) is 2.57. The second-order valence-electron chi connectivity index (χ2n) is 4.23. The molecule has 2 heterocycles. The molecule has 1 fully saturated rings. The van der Waals surface area contributed by atoms with Crippen LogP contribution in [0.15, 0.2) is 6.07 Å². The summed E-state index contributed by atoms with van der Waals surface area (Å²) in [7, 11) is 1.97. The van der Waals surface area contributed by atoms with Crippen molar-refractivity contribution in [2.24, 2.45) is 13.0 Å². The summed E-state index contributed by atoms with van der Waals surface area (Å²) in [6.07, 6.45) is 2.33. The summed E-state index contributed by atoms with van der Waals surface area (Å²) in [5, 5.41) is 7.76. The summed E-state index contributed by atoms with van der Waals surface area (Å²) in [5.74, 6) is 1.72. The molecule has 0 unspecified atom stereocenters. The van der Waals surface area contributed by atoms with Gasteiger partial charge in [0.2, 0.25) is 0 Å². The Morgan fingerprint density at radius 3 is 2.87 bits per heavy atom. The highest BCUT2D eigenvalue weighted by Gasteiger charge is 2.13. The van der Waals surface area contributed by atoms with Gasteiger partial charge < -0.3 is 10.1 Å². The van der Waals surface area contributed by atoms with Gasteiger partial charge in [0.1, 0.15) is 5.82 Å². The van der Waals surface area contributed by atoms with E-state index in [1.54, 1.807) is 0 Å². The molecule has 1 saturated heterocycles. The molecule has 0 saturated carbocycles. The number of hydrogen-bond donors (Lipinski definition) is 1. The highest BCUT2D eigenvalue weighted by molar-refractivity contribution is 5.35. The van der Waals surface area contributed by atoms with E-state index < -0.39 is 0 Å². The van der Waals surface area contributed by atoms with Crippen molar-refractivity contribution in [1.82, 2.24) is 9.78 Å². The van der Waals surface area contributed by atoms with Gasteiger partial charge in [-0.2, -0.15) is 5.10 Å². The van der Waals surface area contributed by atoms with Crippen molar-refractivity contribution in [3.8, 4) is 0 Å². The van der Waals surface area contributed by atoms with Crippen LogP contribution in [0.1, 0.15) is 18.5 Å². The van der Waals surface area contributed by atoms with Crippen LogP contribution in [0.25, 0.3) is 0 Å². The molecule has 4 heteroatoms. The number of rotatable bonds is 3. The van der Waals surface area contributed by atoms with E-state index in [1.807, 2.05) is 11.7 Å². The number of ether oxygens (including phenoxy) is 1. The van der Waals surface area contributed by atoms with Gasteiger partial charge in [0.25, 0.3) is 0 Å². The van der Waals surface area contributed by atoms with Gasteiger partial charge in [-0.05, 0) is 25.7 Å². The fourth-order valence-corrected chi connectivity index (χ4v) is 1.85. The van der Waals surface area contributed by atoms with Crippen molar-refractivity contribution in [1.29, 1.82) is 0 Å². The molecule has 0 bridgehead atoms. The van der Waals surface area contributed by atoms with Gasteiger partial charge in [-0.1, -0.05) is 0 Å². The summed E-state index contributed by atoms with van der Waals surface area (Å²) in [4.78, 5) is 0. The number of nitrogens with one attached hydrogen (secondary N) is 1. The van der Waals surface area contributed by atoms with Crippen molar-refractivity contribution in [3.05, 3.63) is 11.8 Å². The maximum atomic E-state index is 5.33. The van der Waals surface area contributed by atoms with Gasteiger partial charge in [0.15, 0.2) is 0 Å². The van der Waals surface area contributed by atoms with Crippen LogP contribution in [0, 0.1) is 12.8 Å². The molecule has 84 valence electrons. The van der Waals surface area contributed by atoms with Crippen LogP contribution in [0.2, 0.25) is 0 Å². The molecule has 1 N–H and O–H groups in total. The van der Waals surface area contributed by atoms with E-state index in [0.717, 1.165) is 31.5 Å². The zero-order valence-electron chi connectivity index (χ0n) is 9.49. The van der Waals surface area contributed by atoms with Gasteiger partial charge >= 0.3 is 0 Å². The Morgan fingerprint density at radius 1 is 1.53 bits per heavy atom. The van der Waals surface area contributed by atoms with Gasteiger partial charge in [0.05, 0.1) is 0 Å². The molecule has 1 aliphatic heterocycles. The molecule has 0 amide bonds. The molecule has 2 rings (SSSR count). The number of hydrogen-bond acceptors (Lipinski definition) is 3. The Morgan fingerprint density at radius 2 is 2.27 bits per heavy atom. The first-order valence-corrected chi connectivity index (χ1v) is 5.58. The molecule has 1 aliphatic rings. The van der Waals surface area contributed by atoms with E-state index >= 15 is 0 Å². The normalized spacial score (nSPS) is 18.0. The van der Waals surface area contributed by atoms with Crippen molar-refractivity contribution in [2.75, 3.05) is 25.1 Å². The van der Waals surface area contributed by atoms with Gasteiger partial charge in [-0.3, -0.25) is 4.68 Å². The van der Waals surface area contributed by atoms with Crippen LogP contribution in [0.4, 0.5) is 5.82 Å². The van der Waals surface area contributed by atoms with E-state index in [4.69, 9.17) is 4.74 Å². The van der Waals surface area contributed by atoms with Gasteiger partial charge in [0, 0.05) is 38.6 Å². The largest absolute Gasteiger partial charge is 0.381 e. The Hall–Kier alpha value is -1.03. The fraction of sp³-hybridized carbons (Fsp3) is 0.727. The number of aryl methyl sites for hydroxylation is 2. The van der Waals surface area contributed by atoms with Crippen LogP contribution in [-0.2, 0) is 11.8 Å². The summed E-state index contributed by atoms with van der Waals surface area (Å²) in [5.41, 5.74) is 1.18. The molecule has 4 nitrogen and oxygen atoms in total. The Balaban J connectivity index is 1.81. The lowest BCUT2D eigenvalue weighted by atomic mass is 10.0. The predicted octanol–water partition coefficient (Wildman–Crippen LogP) is 1.57. The zero-order chi connectivity index (χ0) is 10.7. The molecule has 15 heavy (non-hydrogen) atoms. The van der Waals surface area contributed by atoms with E-state index in [-0.39, 0.29) is 0 Å². The minimum Gasteiger partial charge on any atom is -0.381 e. The molecular formula is C11H19N3O. The maximum absolute atomic E-state index is 5.33. The lowest BCUT2D eigenvalue weighted by molar-refractivity contribution is 0.0699. The van der Waals surface area contributed by atoms with Crippen LogP contribution in [0.3, 0.4) is 0 Å². The second-order valence-corrected chi connectivity index (χ2v) is 4.23. The second kappa shape index (κ2) is 4.66. The Labute approximate surface area is 90.6 Å². The fourth-order valence-electron chi connectivity index (χ4n) is 1.85. The number of anilines is 1. The molecule has 1 aromatic heterocycles. The maximum Gasteiger partial charge on any atom is 0.148 e. The molecule has 0 atom stereocenters. The lowest BCUT2D eigenvalue weighted by Gasteiger charge is -2.21. The van der Waals surface area contributed by atoms with Crippen LogP contribution in [0.5, 0.6) is 0 Å². The van der Waals surface area contributed by atoms with Crippen LogP contribution < -0.4 is 5.32 Å². The highest BCUT2D eigenvalue weighted by atomic mass is 16.5.